The SMILES string of the molecule is CC1CCc2c(sc(NC(=O)CSc3cccc(NC(=O)c4cccc([N+](=O)[O-])c4)c3)c2C#N)C1. The van der Waals surface area contributed by atoms with Gasteiger partial charge in [0, 0.05) is 33.2 Å². The summed E-state index contributed by atoms with van der Waals surface area (Å²) in [6.07, 6.45) is 2.86. The largest absolute Gasteiger partial charge is 0.322 e. The minimum atomic E-state index is -0.551. The molecule has 35 heavy (non-hydrogen) atoms. The predicted octanol–water partition coefficient (Wildman–Crippen LogP) is 5.64. The van der Waals surface area contributed by atoms with E-state index in [-0.39, 0.29) is 22.9 Å². The molecule has 2 aromatic carbocycles. The summed E-state index contributed by atoms with van der Waals surface area (Å²) in [4.78, 5) is 37.5. The monoisotopic (exact) mass is 506 g/mol. The lowest BCUT2D eigenvalue weighted by Crippen LogP contribution is -2.14. The predicted molar refractivity (Wildman–Crippen MR) is 137 cm³/mol. The van der Waals surface area contributed by atoms with Gasteiger partial charge >= 0.3 is 0 Å². The zero-order chi connectivity index (χ0) is 24.9. The van der Waals surface area contributed by atoms with Gasteiger partial charge in [-0.3, -0.25) is 19.7 Å². The van der Waals surface area contributed by atoms with Crippen LogP contribution in [0.25, 0.3) is 0 Å². The highest BCUT2D eigenvalue weighted by molar-refractivity contribution is 8.00. The van der Waals surface area contributed by atoms with Crippen LogP contribution in [0.5, 0.6) is 0 Å². The third-order valence-electron chi connectivity index (χ3n) is 5.66. The van der Waals surface area contributed by atoms with Crippen molar-refractivity contribution in [2.24, 2.45) is 5.92 Å². The summed E-state index contributed by atoms with van der Waals surface area (Å²) >= 11 is 2.81. The molecule has 0 fully saturated rings. The Bertz CT molecular complexity index is 1350. The zero-order valence-corrected chi connectivity index (χ0v) is 20.5. The summed E-state index contributed by atoms with van der Waals surface area (Å²) in [5.74, 6) is 0.0564. The molecule has 0 radical (unpaired) electrons. The highest BCUT2D eigenvalue weighted by Gasteiger charge is 2.24. The van der Waals surface area contributed by atoms with Gasteiger partial charge in [-0.25, -0.2) is 0 Å². The first-order chi connectivity index (χ1) is 16.8. The molecule has 1 unspecified atom stereocenters. The van der Waals surface area contributed by atoms with Crippen LogP contribution < -0.4 is 10.6 Å². The summed E-state index contributed by atoms with van der Waals surface area (Å²) in [5.41, 5.74) is 2.19. The van der Waals surface area contributed by atoms with Gasteiger partial charge in [-0.2, -0.15) is 5.26 Å². The number of amides is 2. The number of fused-ring (bicyclic) bond motifs is 1. The average Bonchev–Trinajstić information content (AvgIpc) is 3.18. The van der Waals surface area contributed by atoms with Crippen molar-refractivity contribution in [1.29, 1.82) is 5.26 Å². The number of anilines is 2. The van der Waals surface area contributed by atoms with Crippen molar-refractivity contribution in [3.05, 3.63) is 80.2 Å². The van der Waals surface area contributed by atoms with E-state index in [1.165, 1.54) is 52.2 Å². The summed E-state index contributed by atoms with van der Waals surface area (Å²) in [6, 6.07) is 14.8. The first-order valence-electron chi connectivity index (χ1n) is 11.0. The number of nitro benzene ring substituents is 1. The van der Waals surface area contributed by atoms with E-state index in [4.69, 9.17) is 0 Å². The number of thiophene rings is 1. The quantitative estimate of drug-likeness (QED) is 0.243. The van der Waals surface area contributed by atoms with Crippen LogP contribution in [0.2, 0.25) is 0 Å². The lowest BCUT2D eigenvalue weighted by atomic mass is 9.89. The number of thioether (sulfide) groups is 1. The molecular formula is C25H22N4O4S2. The van der Waals surface area contributed by atoms with Crippen molar-refractivity contribution in [2.75, 3.05) is 16.4 Å². The Kier molecular flexibility index (Phi) is 7.48. The fourth-order valence-electron chi connectivity index (χ4n) is 3.90. The number of nitrogens with zero attached hydrogens (tertiary/aromatic N) is 2. The number of nitriles is 1. The highest BCUT2D eigenvalue weighted by atomic mass is 32.2. The Hall–Kier alpha value is -3.68. The Labute approximate surface area is 210 Å². The minimum Gasteiger partial charge on any atom is -0.322 e. The van der Waals surface area contributed by atoms with Gasteiger partial charge in [0.05, 0.1) is 16.2 Å². The van der Waals surface area contributed by atoms with E-state index in [1.807, 2.05) is 6.07 Å². The number of nitro groups is 1. The second kappa shape index (κ2) is 10.7. The molecule has 1 atom stereocenters. The number of non-ortho nitro benzene ring substituents is 1. The van der Waals surface area contributed by atoms with Crippen LogP contribution in [0.4, 0.5) is 16.4 Å². The molecule has 0 spiro atoms. The van der Waals surface area contributed by atoms with E-state index in [1.54, 1.807) is 18.2 Å². The summed E-state index contributed by atoms with van der Waals surface area (Å²) in [6.45, 7) is 2.20. The Balaban J connectivity index is 1.37. The summed E-state index contributed by atoms with van der Waals surface area (Å²) in [5, 5.41) is 26.8. The van der Waals surface area contributed by atoms with E-state index in [2.05, 4.69) is 23.6 Å². The number of hydrogen-bond donors (Lipinski definition) is 2. The third kappa shape index (κ3) is 5.88. The Morgan fingerprint density at radius 3 is 2.80 bits per heavy atom. The van der Waals surface area contributed by atoms with Crippen LogP contribution in [0.3, 0.4) is 0 Å². The van der Waals surface area contributed by atoms with Crippen molar-refractivity contribution in [3.8, 4) is 6.07 Å². The van der Waals surface area contributed by atoms with Crippen molar-refractivity contribution in [3.63, 3.8) is 0 Å². The fourth-order valence-corrected chi connectivity index (χ4v) is 6.03. The van der Waals surface area contributed by atoms with Crippen LogP contribution in [0.15, 0.2) is 53.4 Å². The molecular weight excluding hydrogens is 484 g/mol. The summed E-state index contributed by atoms with van der Waals surface area (Å²) < 4.78 is 0. The molecule has 0 bridgehead atoms. The second-order valence-corrected chi connectivity index (χ2v) is 10.4. The Morgan fingerprint density at radius 2 is 2.03 bits per heavy atom. The second-order valence-electron chi connectivity index (χ2n) is 8.29. The van der Waals surface area contributed by atoms with Crippen LogP contribution in [0.1, 0.15) is 39.7 Å². The number of hydrogen-bond acceptors (Lipinski definition) is 7. The van der Waals surface area contributed by atoms with Crippen LogP contribution in [0, 0.1) is 27.4 Å². The van der Waals surface area contributed by atoms with Crippen LogP contribution in [-0.4, -0.2) is 22.5 Å². The van der Waals surface area contributed by atoms with Crippen molar-refractivity contribution in [1.82, 2.24) is 0 Å². The molecule has 2 N–H and O–H groups in total. The van der Waals surface area contributed by atoms with Gasteiger partial charge in [-0.1, -0.05) is 19.1 Å². The van der Waals surface area contributed by atoms with E-state index in [9.17, 15) is 25.0 Å². The zero-order valence-electron chi connectivity index (χ0n) is 18.9. The molecule has 1 aliphatic rings. The van der Waals surface area contributed by atoms with E-state index >= 15 is 0 Å². The molecule has 178 valence electrons. The first-order valence-corrected chi connectivity index (χ1v) is 12.8. The maximum absolute atomic E-state index is 12.6. The number of benzene rings is 2. The van der Waals surface area contributed by atoms with E-state index in [0.717, 1.165) is 29.7 Å². The maximum Gasteiger partial charge on any atom is 0.270 e. The fraction of sp³-hybridized carbons (Fsp3) is 0.240. The maximum atomic E-state index is 12.6. The van der Waals surface area contributed by atoms with E-state index in [0.29, 0.717) is 22.2 Å². The molecule has 0 saturated heterocycles. The van der Waals surface area contributed by atoms with Crippen molar-refractivity contribution in [2.45, 2.75) is 31.1 Å². The Morgan fingerprint density at radius 1 is 1.23 bits per heavy atom. The lowest BCUT2D eigenvalue weighted by molar-refractivity contribution is -0.384. The normalized spacial score (nSPS) is 14.5. The lowest BCUT2D eigenvalue weighted by Gasteiger charge is -2.17. The van der Waals surface area contributed by atoms with Gasteiger partial charge in [-0.05, 0) is 55.0 Å². The van der Waals surface area contributed by atoms with Gasteiger partial charge in [0.1, 0.15) is 11.1 Å². The smallest absolute Gasteiger partial charge is 0.270 e. The molecule has 8 nitrogen and oxygen atoms in total. The highest BCUT2D eigenvalue weighted by Crippen LogP contribution is 2.39. The third-order valence-corrected chi connectivity index (χ3v) is 7.82. The topological polar surface area (TPSA) is 125 Å². The van der Waals surface area contributed by atoms with E-state index < -0.39 is 10.8 Å². The van der Waals surface area contributed by atoms with Gasteiger partial charge in [-0.15, -0.1) is 23.1 Å². The van der Waals surface area contributed by atoms with Gasteiger partial charge in [0.15, 0.2) is 0 Å². The molecule has 2 amide bonds. The molecule has 0 aliphatic heterocycles. The average molecular weight is 507 g/mol. The molecule has 1 aromatic heterocycles. The van der Waals surface area contributed by atoms with Crippen molar-refractivity contribution >= 4 is 51.3 Å². The van der Waals surface area contributed by atoms with Crippen LogP contribution >= 0.6 is 23.1 Å². The minimum absolute atomic E-state index is 0.145. The van der Waals surface area contributed by atoms with Crippen molar-refractivity contribution < 1.29 is 14.5 Å². The van der Waals surface area contributed by atoms with Gasteiger partial charge < -0.3 is 10.6 Å². The van der Waals surface area contributed by atoms with Gasteiger partial charge in [0.25, 0.3) is 11.6 Å². The number of carbonyl (C=O) groups is 2. The standard InChI is InChI=1S/C25H22N4O4S2/c1-15-8-9-20-21(13-26)25(35-22(20)10-15)28-23(30)14-34-19-7-3-5-17(12-19)27-24(31)16-4-2-6-18(11-16)29(32)33/h2-7,11-12,15H,8-10,14H2,1H3,(H,27,31)(H,28,30). The number of rotatable bonds is 7. The molecule has 3 aromatic rings. The first kappa shape index (κ1) is 24.4. The summed E-state index contributed by atoms with van der Waals surface area (Å²) in [7, 11) is 0. The molecule has 10 heteroatoms. The molecule has 4 rings (SSSR count). The molecule has 1 heterocycles. The number of carbonyl (C=O) groups excluding carboxylic acids is 2. The number of nitrogens with one attached hydrogen (secondary N) is 2. The molecule has 0 saturated carbocycles. The van der Waals surface area contributed by atoms with Crippen LogP contribution in [-0.2, 0) is 17.6 Å². The van der Waals surface area contributed by atoms with Gasteiger partial charge in [0.2, 0.25) is 5.91 Å². The molecule has 1 aliphatic carbocycles.